The van der Waals surface area contributed by atoms with E-state index in [0.29, 0.717) is 6.42 Å². The SMILES string of the molecule is N#CCc1ccc(Nc2cc(-c3ccc(Cl)s3)nc3c2CCC3)cc1. The lowest BCUT2D eigenvalue weighted by molar-refractivity contribution is 0.900. The monoisotopic (exact) mass is 365 g/mol. The molecule has 0 bridgehead atoms. The molecule has 1 aromatic carbocycles. The van der Waals surface area contributed by atoms with Gasteiger partial charge in [0.15, 0.2) is 0 Å². The number of nitrogens with zero attached hydrogens (tertiary/aromatic N) is 2. The van der Waals surface area contributed by atoms with Crippen LogP contribution >= 0.6 is 22.9 Å². The number of rotatable bonds is 4. The molecule has 0 saturated carbocycles. The molecule has 124 valence electrons. The number of hydrogen-bond acceptors (Lipinski definition) is 4. The first kappa shape index (κ1) is 16.1. The standard InChI is InChI=1S/C20H16ClN3S/c21-20-9-8-19(25-20)18-12-17(15-2-1-3-16(15)24-18)23-14-6-4-13(5-7-14)10-11-22/h4-9,12H,1-3,10H2,(H,23,24). The van der Waals surface area contributed by atoms with E-state index in [1.165, 1.54) is 11.3 Å². The summed E-state index contributed by atoms with van der Waals surface area (Å²) in [6, 6.07) is 16.3. The fourth-order valence-corrected chi connectivity index (χ4v) is 4.19. The van der Waals surface area contributed by atoms with E-state index in [1.807, 2.05) is 36.4 Å². The molecule has 1 N–H and O–H groups in total. The van der Waals surface area contributed by atoms with Crippen molar-refractivity contribution in [1.82, 2.24) is 4.98 Å². The van der Waals surface area contributed by atoms with Gasteiger partial charge in [0, 0.05) is 17.1 Å². The highest BCUT2D eigenvalue weighted by atomic mass is 35.5. The van der Waals surface area contributed by atoms with Crippen molar-refractivity contribution in [2.75, 3.05) is 5.32 Å². The number of hydrogen-bond donors (Lipinski definition) is 1. The highest BCUT2D eigenvalue weighted by Gasteiger charge is 2.19. The molecule has 0 spiro atoms. The van der Waals surface area contributed by atoms with Crippen molar-refractivity contribution >= 4 is 34.3 Å². The van der Waals surface area contributed by atoms with Gasteiger partial charge in [-0.25, -0.2) is 0 Å². The average molecular weight is 366 g/mol. The number of anilines is 2. The Morgan fingerprint density at radius 1 is 1.16 bits per heavy atom. The maximum absolute atomic E-state index is 8.79. The largest absolute Gasteiger partial charge is 0.355 e. The summed E-state index contributed by atoms with van der Waals surface area (Å²) >= 11 is 7.64. The lowest BCUT2D eigenvalue weighted by atomic mass is 10.1. The van der Waals surface area contributed by atoms with E-state index < -0.39 is 0 Å². The second kappa shape index (κ2) is 6.87. The van der Waals surface area contributed by atoms with Crippen molar-refractivity contribution in [2.24, 2.45) is 0 Å². The molecular formula is C20H16ClN3S. The summed E-state index contributed by atoms with van der Waals surface area (Å²) in [5, 5.41) is 12.3. The molecule has 1 aliphatic rings. The summed E-state index contributed by atoms with van der Waals surface area (Å²) in [5.74, 6) is 0. The smallest absolute Gasteiger partial charge is 0.0935 e. The third kappa shape index (κ3) is 3.39. The van der Waals surface area contributed by atoms with Gasteiger partial charge in [0.2, 0.25) is 0 Å². The third-order valence-electron chi connectivity index (χ3n) is 4.39. The fourth-order valence-electron chi connectivity index (χ4n) is 3.19. The van der Waals surface area contributed by atoms with Crippen molar-refractivity contribution < 1.29 is 0 Å². The van der Waals surface area contributed by atoms with Crippen LogP contribution in [-0.4, -0.2) is 4.98 Å². The Morgan fingerprint density at radius 2 is 2.00 bits per heavy atom. The number of nitriles is 1. The first-order valence-electron chi connectivity index (χ1n) is 8.24. The molecular weight excluding hydrogens is 350 g/mol. The van der Waals surface area contributed by atoms with Gasteiger partial charge in [-0.05, 0) is 60.7 Å². The van der Waals surface area contributed by atoms with Gasteiger partial charge in [0.25, 0.3) is 0 Å². The predicted molar refractivity (Wildman–Crippen MR) is 104 cm³/mol. The molecule has 2 heterocycles. The maximum Gasteiger partial charge on any atom is 0.0935 e. The zero-order chi connectivity index (χ0) is 17.2. The molecule has 2 aromatic heterocycles. The summed E-state index contributed by atoms with van der Waals surface area (Å²) in [5.41, 5.74) is 6.65. The van der Waals surface area contributed by atoms with Crippen molar-refractivity contribution in [3.05, 3.63) is 63.6 Å². The normalized spacial score (nSPS) is 12.6. The number of benzene rings is 1. The van der Waals surface area contributed by atoms with E-state index in [0.717, 1.165) is 51.1 Å². The van der Waals surface area contributed by atoms with E-state index >= 15 is 0 Å². The summed E-state index contributed by atoms with van der Waals surface area (Å²) < 4.78 is 0.778. The minimum absolute atomic E-state index is 0.439. The van der Waals surface area contributed by atoms with Crippen LogP contribution in [0.1, 0.15) is 23.2 Å². The molecule has 3 aromatic rings. The summed E-state index contributed by atoms with van der Waals surface area (Å²) in [6.45, 7) is 0. The number of nitrogens with one attached hydrogen (secondary N) is 1. The van der Waals surface area contributed by atoms with Gasteiger partial charge in [-0.15, -0.1) is 11.3 Å². The van der Waals surface area contributed by atoms with Crippen LogP contribution < -0.4 is 5.32 Å². The Kier molecular flexibility index (Phi) is 4.44. The second-order valence-corrected chi connectivity index (χ2v) is 7.81. The highest BCUT2D eigenvalue weighted by Crippen LogP contribution is 2.36. The molecule has 0 radical (unpaired) electrons. The quantitative estimate of drug-likeness (QED) is 0.639. The van der Waals surface area contributed by atoms with Gasteiger partial charge in [-0.1, -0.05) is 23.7 Å². The molecule has 0 aliphatic heterocycles. The molecule has 4 rings (SSSR count). The van der Waals surface area contributed by atoms with Gasteiger partial charge in [-0.3, -0.25) is 4.98 Å². The van der Waals surface area contributed by atoms with Gasteiger partial charge in [-0.2, -0.15) is 5.26 Å². The summed E-state index contributed by atoms with van der Waals surface area (Å²) in [4.78, 5) is 5.94. The van der Waals surface area contributed by atoms with Crippen LogP contribution in [0.5, 0.6) is 0 Å². The molecule has 0 saturated heterocycles. The predicted octanol–water partition coefficient (Wildman–Crippen LogP) is 5.76. The highest BCUT2D eigenvalue weighted by molar-refractivity contribution is 7.19. The zero-order valence-corrected chi connectivity index (χ0v) is 15.1. The molecule has 1 aliphatic carbocycles. The Morgan fingerprint density at radius 3 is 2.72 bits per heavy atom. The number of aromatic nitrogens is 1. The minimum atomic E-state index is 0.439. The topological polar surface area (TPSA) is 48.7 Å². The van der Waals surface area contributed by atoms with Crippen molar-refractivity contribution in [1.29, 1.82) is 5.26 Å². The lowest BCUT2D eigenvalue weighted by Crippen LogP contribution is -1.99. The van der Waals surface area contributed by atoms with Crippen molar-refractivity contribution in [2.45, 2.75) is 25.7 Å². The van der Waals surface area contributed by atoms with Gasteiger partial charge < -0.3 is 5.32 Å². The van der Waals surface area contributed by atoms with Crippen LogP contribution in [0.25, 0.3) is 10.6 Å². The van der Waals surface area contributed by atoms with Crippen LogP contribution in [0.4, 0.5) is 11.4 Å². The Labute approximate surface area is 155 Å². The number of fused-ring (bicyclic) bond motifs is 1. The van der Waals surface area contributed by atoms with E-state index in [-0.39, 0.29) is 0 Å². The Bertz CT molecular complexity index is 954. The van der Waals surface area contributed by atoms with Crippen LogP contribution in [0.2, 0.25) is 4.34 Å². The number of aryl methyl sites for hydroxylation is 1. The van der Waals surface area contributed by atoms with Crippen molar-refractivity contribution in [3.8, 4) is 16.6 Å². The Hall–Kier alpha value is -2.35. The molecule has 5 heteroatoms. The summed E-state index contributed by atoms with van der Waals surface area (Å²) in [6.07, 6.45) is 3.67. The van der Waals surface area contributed by atoms with E-state index in [2.05, 4.69) is 17.5 Å². The van der Waals surface area contributed by atoms with Gasteiger partial charge in [0.05, 0.1) is 27.4 Å². The molecule has 3 nitrogen and oxygen atoms in total. The van der Waals surface area contributed by atoms with Gasteiger partial charge in [0.1, 0.15) is 0 Å². The first-order valence-corrected chi connectivity index (χ1v) is 9.44. The van der Waals surface area contributed by atoms with E-state index in [9.17, 15) is 0 Å². The Balaban J connectivity index is 1.68. The molecule has 25 heavy (non-hydrogen) atoms. The molecule has 0 atom stereocenters. The summed E-state index contributed by atoms with van der Waals surface area (Å²) in [7, 11) is 0. The zero-order valence-electron chi connectivity index (χ0n) is 13.6. The van der Waals surface area contributed by atoms with Crippen LogP contribution in [0.3, 0.4) is 0 Å². The lowest BCUT2D eigenvalue weighted by Gasteiger charge is -2.13. The molecule has 0 unspecified atom stereocenters. The maximum atomic E-state index is 8.79. The number of halogens is 1. The molecule has 0 fully saturated rings. The van der Waals surface area contributed by atoms with Gasteiger partial charge >= 0.3 is 0 Å². The van der Waals surface area contributed by atoms with E-state index in [4.69, 9.17) is 21.8 Å². The fraction of sp³-hybridized carbons (Fsp3) is 0.200. The van der Waals surface area contributed by atoms with Crippen molar-refractivity contribution in [3.63, 3.8) is 0 Å². The van der Waals surface area contributed by atoms with Crippen LogP contribution in [-0.2, 0) is 19.3 Å². The first-order chi connectivity index (χ1) is 12.2. The minimum Gasteiger partial charge on any atom is -0.355 e. The number of thiophene rings is 1. The van der Waals surface area contributed by atoms with Crippen LogP contribution in [0, 0.1) is 11.3 Å². The average Bonchev–Trinajstić information content (AvgIpc) is 3.25. The molecule has 0 amide bonds. The van der Waals surface area contributed by atoms with Crippen LogP contribution in [0.15, 0.2) is 42.5 Å². The van der Waals surface area contributed by atoms with E-state index in [1.54, 1.807) is 11.3 Å². The number of pyridine rings is 1. The second-order valence-electron chi connectivity index (χ2n) is 6.09. The third-order valence-corrected chi connectivity index (χ3v) is 5.65.